The molecule has 1 heterocycles. The summed E-state index contributed by atoms with van der Waals surface area (Å²) in [5.41, 5.74) is 0.798. The van der Waals surface area contributed by atoms with Crippen LogP contribution in [0.1, 0.15) is 33.1 Å². The van der Waals surface area contributed by atoms with Crippen LogP contribution in [0.5, 0.6) is 0 Å². The second-order valence-corrected chi connectivity index (χ2v) is 5.23. The maximum atomic E-state index is 10.8. The van der Waals surface area contributed by atoms with E-state index in [9.17, 15) is 13.2 Å². The van der Waals surface area contributed by atoms with Crippen molar-refractivity contribution in [1.29, 1.82) is 0 Å². The molecule has 2 N–H and O–H groups in total. The van der Waals surface area contributed by atoms with Crippen LogP contribution in [0.4, 0.5) is 10.5 Å². The quantitative estimate of drug-likeness (QED) is 0.726. The molecule has 1 aromatic rings. The number of nitrogens with zero attached hydrogens (tertiary/aromatic N) is 1. The van der Waals surface area contributed by atoms with Gasteiger partial charge in [0.25, 0.3) is 0 Å². The summed E-state index contributed by atoms with van der Waals surface area (Å²) in [6, 6.07) is 9.09. The predicted molar refractivity (Wildman–Crippen MR) is 90.0 cm³/mol. The summed E-state index contributed by atoms with van der Waals surface area (Å²) < 4.78 is 22.0. The summed E-state index contributed by atoms with van der Waals surface area (Å²) in [5.74, 6) is 0. The average molecular weight is 417 g/mol. The Kier molecular flexibility index (Phi) is 17.6. The van der Waals surface area contributed by atoms with Gasteiger partial charge in [-0.1, -0.05) is 38.5 Å². The van der Waals surface area contributed by atoms with Crippen LogP contribution in [0.15, 0.2) is 30.3 Å². The molecule has 1 aromatic carbocycles. The number of carbonyl (C=O) groups excluding carboxylic acids is 1. The summed E-state index contributed by atoms with van der Waals surface area (Å²) in [5, 5.41) is 5.10. The third kappa shape index (κ3) is 12.6. The summed E-state index contributed by atoms with van der Waals surface area (Å²) in [4.78, 5) is 10.8. The molecule has 1 aliphatic heterocycles. The number of piperidine rings is 1. The second kappa shape index (κ2) is 16.4. The van der Waals surface area contributed by atoms with Gasteiger partial charge in [-0.2, -0.15) is 0 Å². The van der Waals surface area contributed by atoms with Gasteiger partial charge in [-0.05, 0) is 49.0 Å². The van der Waals surface area contributed by atoms with Gasteiger partial charge in [0.2, 0.25) is 0 Å². The van der Waals surface area contributed by atoms with E-state index in [0.29, 0.717) is 0 Å². The molecule has 0 bridgehead atoms. The molecule has 6 nitrogen and oxygen atoms in total. The number of anilines is 1. The zero-order chi connectivity index (χ0) is 16.8. The molecule has 0 unspecified atom stereocenters. The van der Waals surface area contributed by atoms with Crippen molar-refractivity contribution >= 4 is 22.6 Å². The van der Waals surface area contributed by atoms with Crippen LogP contribution in [-0.2, 0) is 52.0 Å². The molecule has 2 amide bonds. The van der Waals surface area contributed by atoms with Crippen molar-refractivity contribution in [2.45, 2.75) is 33.1 Å². The van der Waals surface area contributed by atoms with E-state index >= 15 is 0 Å². The van der Waals surface area contributed by atoms with E-state index in [1.807, 2.05) is 44.2 Å². The maximum Gasteiger partial charge on any atom is 0.318 e. The summed E-state index contributed by atoms with van der Waals surface area (Å²) >= 11 is 0. The van der Waals surface area contributed by atoms with Gasteiger partial charge in [0.05, 0.1) is 0 Å². The van der Waals surface area contributed by atoms with Gasteiger partial charge in [-0.25, -0.2) is 4.79 Å². The van der Waals surface area contributed by atoms with Gasteiger partial charge in [-0.3, -0.25) is 0 Å². The van der Waals surface area contributed by atoms with Crippen LogP contribution in [0, 0.1) is 0 Å². The first-order chi connectivity index (χ1) is 10.6. The summed E-state index contributed by atoms with van der Waals surface area (Å²) in [6.45, 7) is 5.44. The summed E-state index contributed by atoms with van der Waals surface area (Å²) in [7, 11) is -0.387. The van der Waals surface area contributed by atoms with Gasteiger partial charge in [-0.15, -0.1) is 0 Å². The standard InChI is InChI=1S/C8H10N2O.C5H10NO2S.C2H6.Y/c1-9-8(11)10-7-5-3-2-4-6-7;7-9(8)6-4-2-1-3-5-6;1-2;/h2-6H,1H3,(H2,9,10,11);1-5H2;1-2H3;/q;-1;;. The molecule has 0 aliphatic carbocycles. The van der Waals surface area contributed by atoms with Gasteiger partial charge < -0.3 is 23.4 Å². The van der Waals surface area contributed by atoms with Gasteiger partial charge in [0.1, 0.15) is 0 Å². The van der Waals surface area contributed by atoms with Crippen molar-refractivity contribution in [3.63, 3.8) is 0 Å². The van der Waals surface area contributed by atoms with Crippen LogP contribution in [0.3, 0.4) is 0 Å². The zero-order valence-corrected chi connectivity index (χ0v) is 17.7. The summed E-state index contributed by atoms with van der Waals surface area (Å²) in [6.07, 6.45) is 3.22. The SMILES string of the molecule is CC.CNC(=O)Nc1ccccc1.O=[S-](=O)N1CCCCC1.[Y]. The van der Waals surface area contributed by atoms with Crippen molar-refractivity contribution in [3.8, 4) is 0 Å². The third-order valence-corrected chi connectivity index (χ3v) is 3.57. The van der Waals surface area contributed by atoms with Crippen molar-refractivity contribution in [2.75, 3.05) is 25.5 Å². The van der Waals surface area contributed by atoms with Crippen LogP contribution in [-0.4, -0.2) is 30.5 Å². The fourth-order valence-electron chi connectivity index (χ4n) is 1.73. The Morgan fingerprint density at radius 1 is 1.04 bits per heavy atom. The molecule has 1 fully saturated rings. The molecule has 1 saturated heterocycles. The molecule has 0 aromatic heterocycles. The monoisotopic (exact) mass is 417 g/mol. The number of rotatable bonds is 2. The largest absolute Gasteiger partial charge is 0.409 e. The molecule has 2 rings (SSSR count). The van der Waals surface area contributed by atoms with Gasteiger partial charge in [0.15, 0.2) is 0 Å². The number of para-hydroxylation sites is 1. The molecule has 0 spiro atoms. The molecule has 129 valence electrons. The van der Waals surface area contributed by atoms with E-state index in [0.717, 1.165) is 31.6 Å². The molecular weight excluding hydrogens is 391 g/mol. The van der Waals surface area contributed by atoms with Crippen molar-refractivity contribution in [1.82, 2.24) is 9.62 Å². The fourth-order valence-corrected chi connectivity index (χ4v) is 2.29. The zero-order valence-electron chi connectivity index (χ0n) is 14.1. The number of benzene rings is 1. The normalized spacial score (nSPS) is 13.4. The Balaban J connectivity index is 0. The van der Waals surface area contributed by atoms with Crippen molar-refractivity contribution in [3.05, 3.63) is 30.3 Å². The smallest absolute Gasteiger partial charge is 0.318 e. The minimum absolute atomic E-state index is 0. The Labute approximate surface area is 166 Å². The molecular formula is C15H26N3O3SY-. The van der Waals surface area contributed by atoms with E-state index in [2.05, 4.69) is 10.6 Å². The number of carbonyl (C=O) groups is 1. The first-order valence-corrected chi connectivity index (χ1v) is 8.54. The van der Waals surface area contributed by atoms with Crippen LogP contribution in [0.2, 0.25) is 0 Å². The van der Waals surface area contributed by atoms with Crippen molar-refractivity contribution in [2.24, 2.45) is 0 Å². The van der Waals surface area contributed by atoms with Gasteiger partial charge >= 0.3 is 6.03 Å². The fraction of sp³-hybridized carbons (Fsp3) is 0.533. The van der Waals surface area contributed by atoms with Gasteiger partial charge in [0, 0.05) is 45.4 Å². The first kappa shape index (κ1) is 24.8. The number of hydrogen-bond donors (Lipinski definition) is 2. The third-order valence-electron chi connectivity index (χ3n) is 2.78. The van der Waals surface area contributed by atoms with E-state index in [-0.39, 0.29) is 38.7 Å². The molecule has 23 heavy (non-hydrogen) atoms. The Bertz CT molecular complexity index is 470. The number of urea groups is 1. The second-order valence-electron chi connectivity index (χ2n) is 4.28. The van der Waals surface area contributed by atoms with Crippen LogP contribution in [0.25, 0.3) is 0 Å². The van der Waals surface area contributed by atoms with E-state index in [1.165, 1.54) is 10.7 Å². The maximum absolute atomic E-state index is 10.8. The minimum Gasteiger partial charge on any atom is -0.409 e. The molecule has 1 aliphatic rings. The molecule has 1 radical (unpaired) electrons. The topological polar surface area (TPSA) is 78.5 Å². The molecule has 0 saturated carbocycles. The Hall–Kier alpha value is -0.496. The first-order valence-electron chi connectivity index (χ1n) is 7.51. The average Bonchev–Trinajstić information content (AvgIpc) is 2.59. The Morgan fingerprint density at radius 3 is 1.96 bits per heavy atom. The number of hydrogen-bond acceptors (Lipinski definition) is 4. The van der Waals surface area contributed by atoms with E-state index in [4.69, 9.17) is 0 Å². The predicted octanol–water partition coefficient (Wildman–Crippen LogP) is 3.16. The number of amides is 2. The van der Waals surface area contributed by atoms with E-state index in [1.54, 1.807) is 7.05 Å². The Morgan fingerprint density at radius 2 is 1.57 bits per heavy atom. The van der Waals surface area contributed by atoms with E-state index < -0.39 is 10.9 Å². The minimum atomic E-state index is -1.97. The van der Waals surface area contributed by atoms with Crippen molar-refractivity contribution < 1.29 is 45.9 Å². The van der Waals surface area contributed by atoms with Crippen LogP contribution < -0.4 is 10.6 Å². The molecule has 8 heteroatoms. The van der Waals surface area contributed by atoms with Crippen LogP contribution >= 0.6 is 0 Å². The molecule has 0 atom stereocenters. The number of nitrogens with one attached hydrogen (secondary N) is 2.